The summed E-state index contributed by atoms with van der Waals surface area (Å²) in [5.74, 6) is 0. The van der Waals surface area contributed by atoms with Crippen molar-refractivity contribution in [3.05, 3.63) is 16.1 Å². The van der Waals surface area contributed by atoms with Crippen LogP contribution in [0.3, 0.4) is 0 Å². The molecule has 0 aliphatic heterocycles. The van der Waals surface area contributed by atoms with Gasteiger partial charge in [-0.25, -0.2) is 4.98 Å². The normalized spacial score (nSPS) is 15.4. The van der Waals surface area contributed by atoms with E-state index in [1.165, 1.54) is 0 Å². The molecule has 0 aliphatic carbocycles. The Morgan fingerprint density at radius 1 is 1.57 bits per heavy atom. The van der Waals surface area contributed by atoms with Gasteiger partial charge in [0.05, 0.1) is 6.10 Å². The third-order valence-electron chi connectivity index (χ3n) is 1.96. The van der Waals surface area contributed by atoms with E-state index < -0.39 is 0 Å². The number of aliphatic hydroxyl groups excluding tert-OH is 1. The zero-order valence-electron chi connectivity index (χ0n) is 8.95. The molecule has 80 valence electrons. The highest BCUT2D eigenvalue weighted by Gasteiger charge is 2.06. The fourth-order valence-corrected chi connectivity index (χ4v) is 2.06. The SMILES string of the molecule is Cc1csc(CNC(C)CC(C)O)n1. The molecule has 0 spiro atoms. The van der Waals surface area contributed by atoms with Crippen molar-refractivity contribution in [2.45, 2.75) is 45.9 Å². The number of hydrogen-bond donors (Lipinski definition) is 2. The summed E-state index contributed by atoms with van der Waals surface area (Å²) in [6, 6.07) is 0.333. The molecule has 2 unspecified atom stereocenters. The zero-order chi connectivity index (χ0) is 10.6. The van der Waals surface area contributed by atoms with E-state index in [1.54, 1.807) is 11.3 Å². The molecule has 0 aromatic carbocycles. The second kappa shape index (κ2) is 5.44. The molecule has 0 amide bonds. The van der Waals surface area contributed by atoms with E-state index in [0.717, 1.165) is 23.7 Å². The van der Waals surface area contributed by atoms with Gasteiger partial charge in [0.2, 0.25) is 0 Å². The lowest BCUT2D eigenvalue weighted by Crippen LogP contribution is -2.28. The molecule has 1 rings (SSSR count). The molecular formula is C10H18N2OS. The standard InChI is InChI=1S/C10H18N2OS/c1-7(4-9(3)13)11-5-10-12-8(2)6-14-10/h6-7,9,11,13H,4-5H2,1-3H3. The Bertz CT molecular complexity index is 273. The molecule has 2 N–H and O–H groups in total. The predicted molar refractivity (Wildman–Crippen MR) is 59.5 cm³/mol. The summed E-state index contributed by atoms with van der Waals surface area (Å²) in [6.45, 7) is 6.69. The minimum Gasteiger partial charge on any atom is -0.393 e. The van der Waals surface area contributed by atoms with Crippen molar-refractivity contribution in [1.82, 2.24) is 10.3 Å². The Morgan fingerprint density at radius 3 is 2.79 bits per heavy atom. The topological polar surface area (TPSA) is 45.1 Å². The number of thiazole rings is 1. The Morgan fingerprint density at radius 2 is 2.29 bits per heavy atom. The minimum absolute atomic E-state index is 0.240. The molecular weight excluding hydrogens is 196 g/mol. The Labute approximate surface area is 89.2 Å². The second-order valence-corrected chi connectivity index (χ2v) is 4.69. The lowest BCUT2D eigenvalue weighted by atomic mass is 10.1. The highest BCUT2D eigenvalue weighted by atomic mass is 32.1. The summed E-state index contributed by atoms with van der Waals surface area (Å²) in [5, 5.41) is 15.7. The molecule has 14 heavy (non-hydrogen) atoms. The van der Waals surface area contributed by atoms with Gasteiger partial charge in [0.1, 0.15) is 5.01 Å². The summed E-state index contributed by atoms with van der Waals surface area (Å²) in [6.07, 6.45) is 0.542. The van der Waals surface area contributed by atoms with E-state index in [0.29, 0.717) is 6.04 Å². The average Bonchev–Trinajstić information content (AvgIpc) is 2.47. The fourth-order valence-electron chi connectivity index (χ4n) is 1.34. The maximum Gasteiger partial charge on any atom is 0.107 e. The summed E-state index contributed by atoms with van der Waals surface area (Å²) < 4.78 is 0. The van der Waals surface area contributed by atoms with Crippen molar-refractivity contribution in [2.75, 3.05) is 0 Å². The number of aliphatic hydroxyl groups is 1. The fraction of sp³-hybridized carbons (Fsp3) is 0.700. The summed E-state index contributed by atoms with van der Waals surface area (Å²) in [5.41, 5.74) is 1.08. The zero-order valence-corrected chi connectivity index (χ0v) is 9.77. The van der Waals surface area contributed by atoms with Crippen LogP contribution in [0.2, 0.25) is 0 Å². The van der Waals surface area contributed by atoms with Gasteiger partial charge >= 0.3 is 0 Å². The first kappa shape index (κ1) is 11.6. The van der Waals surface area contributed by atoms with Gasteiger partial charge in [-0.2, -0.15) is 0 Å². The number of nitrogens with zero attached hydrogens (tertiary/aromatic N) is 1. The van der Waals surface area contributed by atoms with Gasteiger partial charge in [-0.15, -0.1) is 11.3 Å². The highest BCUT2D eigenvalue weighted by molar-refractivity contribution is 7.09. The maximum absolute atomic E-state index is 9.17. The lowest BCUT2D eigenvalue weighted by Gasteiger charge is -2.14. The molecule has 0 bridgehead atoms. The monoisotopic (exact) mass is 214 g/mol. The van der Waals surface area contributed by atoms with Crippen molar-refractivity contribution in [3.8, 4) is 0 Å². The number of aryl methyl sites for hydroxylation is 1. The quantitative estimate of drug-likeness (QED) is 0.784. The van der Waals surface area contributed by atoms with E-state index in [2.05, 4.69) is 22.6 Å². The molecule has 0 saturated heterocycles. The number of hydrogen-bond acceptors (Lipinski definition) is 4. The smallest absolute Gasteiger partial charge is 0.107 e. The second-order valence-electron chi connectivity index (χ2n) is 3.75. The maximum atomic E-state index is 9.17. The molecule has 0 radical (unpaired) electrons. The summed E-state index contributed by atoms with van der Waals surface area (Å²) in [7, 11) is 0. The van der Waals surface area contributed by atoms with E-state index in [1.807, 2.05) is 13.8 Å². The summed E-state index contributed by atoms with van der Waals surface area (Å²) in [4.78, 5) is 4.36. The molecule has 2 atom stereocenters. The Hall–Kier alpha value is -0.450. The molecule has 0 saturated carbocycles. The molecule has 3 nitrogen and oxygen atoms in total. The molecule has 4 heteroatoms. The van der Waals surface area contributed by atoms with Crippen molar-refractivity contribution in [2.24, 2.45) is 0 Å². The number of aromatic nitrogens is 1. The first-order valence-corrected chi connectivity index (χ1v) is 5.78. The van der Waals surface area contributed by atoms with Crippen LogP contribution in [0.15, 0.2) is 5.38 Å². The van der Waals surface area contributed by atoms with Crippen molar-refractivity contribution >= 4 is 11.3 Å². The van der Waals surface area contributed by atoms with Gasteiger partial charge in [0.25, 0.3) is 0 Å². The Kier molecular flexibility index (Phi) is 4.51. The van der Waals surface area contributed by atoms with E-state index in [4.69, 9.17) is 0 Å². The predicted octanol–water partition coefficient (Wildman–Crippen LogP) is 1.70. The van der Waals surface area contributed by atoms with E-state index in [-0.39, 0.29) is 6.10 Å². The van der Waals surface area contributed by atoms with Gasteiger partial charge in [-0.05, 0) is 27.2 Å². The molecule has 0 fully saturated rings. The first-order valence-electron chi connectivity index (χ1n) is 4.90. The molecule has 1 heterocycles. The third-order valence-corrected chi connectivity index (χ3v) is 2.93. The van der Waals surface area contributed by atoms with Crippen LogP contribution < -0.4 is 5.32 Å². The van der Waals surface area contributed by atoms with E-state index >= 15 is 0 Å². The number of nitrogens with one attached hydrogen (secondary N) is 1. The summed E-state index contributed by atoms with van der Waals surface area (Å²) >= 11 is 1.67. The van der Waals surface area contributed by atoms with Crippen LogP contribution in [0.5, 0.6) is 0 Å². The van der Waals surface area contributed by atoms with Crippen LogP contribution in [0.1, 0.15) is 31.0 Å². The molecule has 1 aromatic rings. The van der Waals surface area contributed by atoms with Gasteiger partial charge in [0.15, 0.2) is 0 Å². The van der Waals surface area contributed by atoms with Gasteiger partial charge in [-0.3, -0.25) is 0 Å². The number of rotatable bonds is 5. The molecule has 1 aromatic heterocycles. The van der Waals surface area contributed by atoms with Crippen LogP contribution in [0.4, 0.5) is 0 Å². The van der Waals surface area contributed by atoms with Crippen LogP contribution in [0.25, 0.3) is 0 Å². The highest BCUT2D eigenvalue weighted by Crippen LogP contribution is 2.08. The van der Waals surface area contributed by atoms with E-state index in [9.17, 15) is 5.11 Å². The largest absolute Gasteiger partial charge is 0.393 e. The van der Waals surface area contributed by atoms with Gasteiger partial charge < -0.3 is 10.4 Å². The average molecular weight is 214 g/mol. The van der Waals surface area contributed by atoms with Gasteiger partial charge in [0, 0.05) is 23.7 Å². The Balaban J connectivity index is 2.26. The minimum atomic E-state index is -0.240. The molecule has 0 aliphatic rings. The third kappa shape index (κ3) is 4.17. The van der Waals surface area contributed by atoms with Crippen LogP contribution in [-0.2, 0) is 6.54 Å². The van der Waals surface area contributed by atoms with Gasteiger partial charge in [-0.1, -0.05) is 0 Å². The van der Waals surface area contributed by atoms with Crippen molar-refractivity contribution < 1.29 is 5.11 Å². The van der Waals surface area contributed by atoms with Crippen LogP contribution in [0, 0.1) is 6.92 Å². The lowest BCUT2D eigenvalue weighted by molar-refractivity contribution is 0.170. The van der Waals surface area contributed by atoms with Crippen molar-refractivity contribution in [3.63, 3.8) is 0 Å². The van der Waals surface area contributed by atoms with Crippen LogP contribution in [-0.4, -0.2) is 22.2 Å². The first-order chi connectivity index (χ1) is 6.58. The van der Waals surface area contributed by atoms with Crippen LogP contribution >= 0.6 is 11.3 Å². The van der Waals surface area contributed by atoms with Crippen molar-refractivity contribution in [1.29, 1.82) is 0 Å².